The Morgan fingerprint density at radius 2 is 2.19 bits per heavy atom. The van der Waals surface area contributed by atoms with Crippen molar-refractivity contribution in [1.29, 1.82) is 0 Å². The van der Waals surface area contributed by atoms with Gasteiger partial charge in [0.05, 0.1) is 18.8 Å². The molecule has 3 rings (SSSR count). The minimum absolute atomic E-state index is 0.128. The number of amides is 1. The van der Waals surface area contributed by atoms with Crippen molar-refractivity contribution in [3.05, 3.63) is 60.5 Å². The van der Waals surface area contributed by atoms with Crippen molar-refractivity contribution in [2.45, 2.75) is 44.7 Å². The Morgan fingerprint density at radius 1 is 1.42 bits per heavy atom. The van der Waals surface area contributed by atoms with E-state index in [0.29, 0.717) is 32.2 Å². The van der Waals surface area contributed by atoms with E-state index in [1.807, 2.05) is 23.2 Å². The summed E-state index contributed by atoms with van der Waals surface area (Å²) in [6.45, 7) is 17.5. The molecule has 168 valence electrons. The monoisotopic (exact) mass is 424 g/mol. The fourth-order valence-corrected chi connectivity index (χ4v) is 4.52. The van der Waals surface area contributed by atoms with Gasteiger partial charge < -0.3 is 15.0 Å². The Morgan fingerprint density at radius 3 is 2.87 bits per heavy atom. The van der Waals surface area contributed by atoms with Gasteiger partial charge in [-0.1, -0.05) is 45.2 Å². The molecule has 2 aliphatic rings. The number of carbonyl (C=O) groups excluding carboxylic acids is 1. The van der Waals surface area contributed by atoms with Gasteiger partial charge in [0.1, 0.15) is 0 Å². The Balaban J connectivity index is 1.83. The van der Waals surface area contributed by atoms with Crippen LogP contribution in [0.3, 0.4) is 0 Å². The molecule has 6 nitrogen and oxygen atoms in total. The molecule has 0 spiro atoms. The number of allylic oxidation sites excluding steroid dienone is 4. The standard InChI is InChI=1S/C25H36N4O2/c1-7-9-19(8-2)10-20-11-23-22(13-27-20)25(4,5)17-29(23)24(30)15-28-14-18(3)26-12-21(28)16-31-6/h7-9,11,13,18,21,26H,1-2,10,12,14-17H2,3-6H3/b19-9+/t18-,21-/m1/s1. The fourth-order valence-electron chi connectivity index (χ4n) is 4.52. The Labute approximate surface area is 186 Å². The third kappa shape index (κ3) is 5.32. The van der Waals surface area contributed by atoms with Crippen LogP contribution in [0.1, 0.15) is 32.0 Å². The lowest BCUT2D eigenvalue weighted by molar-refractivity contribution is -0.121. The lowest BCUT2D eigenvalue weighted by Crippen LogP contribution is -2.59. The average Bonchev–Trinajstić information content (AvgIpc) is 3.00. The molecule has 1 fully saturated rings. The molecule has 1 aromatic rings. The van der Waals surface area contributed by atoms with Crippen LogP contribution >= 0.6 is 0 Å². The van der Waals surface area contributed by atoms with Gasteiger partial charge in [-0.05, 0) is 18.6 Å². The fraction of sp³-hybridized carbons (Fsp3) is 0.520. The van der Waals surface area contributed by atoms with Gasteiger partial charge in [0.25, 0.3) is 0 Å². The van der Waals surface area contributed by atoms with Gasteiger partial charge in [0.2, 0.25) is 5.91 Å². The quantitative estimate of drug-likeness (QED) is 0.651. The molecule has 31 heavy (non-hydrogen) atoms. The maximum Gasteiger partial charge on any atom is 0.241 e. The van der Waals surface area contributed by atoms with Crippen LogP contribution in [0.15, 0.2) is 49.2 Å². The number of anilines is 1. The highest BCUT2D eigenvalue weighted by Crippen LogP contribution is 2.40. The molecule has 1 N–H and O–H groups in total. The van der Waals surface area contributed by atoms with Crippen molar-refractivity contribution in [3.8, 4) is 0 Å². The second kappa shape index (κ2) is 9.90. The molecule has 1 amide bonds. The zero-order chi connectivity index (χ0) is 22.6. The van der Waals surface area contributed by atoms with E-state index in [2.05, 4.69) is 55.2 Å². The number of pyridine rings is 1. The highest BCUT2D eigenvalue weighted by Gasteiger charge is 2.39. The Hall–Kier alpha value is -2.28. The van der Waals surface area contributed by atoms with Crippen LogP contribution in [0.4, 0.5) is 5.69 Å². The third-order valence-electron chi connectivity index (χ3n) is 6.22. The van der Waals surface area contributed by atoms with Gasteiger partial charge in [-0.2, -0.15) is 0 Å². The summed E-state index contributed by atoms with van der Waals surface area (Å²) < 4.78 is 5.39. The summed E-state index contributed by atoms with van der Waals surface area (Å²) in [5.41, 5.74) is 3.95. The molecule has 6 heteroatoms. The number of ether oxygens (including phenoxy) is 1. The summed E-state index contributed by atoms with van der Waals surface area (Å²) in [7, 11) is 1.71. The second-order valence-electron chi connectivity index (χ2n) is 9.26. The van der Waals surface area contributed by atoms with Crippen molar-refractivity contribution >= 4 is 11.6 Å². The summed E-state index contributed by atoms with van der Waals surface area (Å²) >= 11 is 0. The van der Waals surface area contributed by atoms with Crippen molar-refractivity contribution in [1.82, 2.24) is 15.2 Å². The largest absolute Gasteiger partial charge is 0.383 e. The number of hydrogen-bond acceptors (Lipinski definition) is 5. The van der Waals surface area contributed by atoms with Crippen LogP contribution in [0.2, 0.25) is 0 Å². The van der Waals surface area contributed by atoms with E-state index in [1.165, 1.54) is 0 Å². The maximum absolute atomic E-state index is 13.5. The average molecular weight is 425 g/mol. The van der Waals surface area contributed by atoms with Crippen LogP contribution in [-0.2, 0) is 21.4 Å². The molecule has 1 aromatic heterocycles. The van der Waals surface area contributed by atoms with Gasteiger partial charge in [-0.25, -0.2) is 0 Å². The lowest BCUT2D eigenvalue weighted by atomic mass is 9.88. The molecular weight excluding hydrogens is 388 g/mol. The molecular formula is C25H36N4O2. The Bertz CT molecular complexity index is 861. The van der Waals surface area contributed by atoms with Gasteiger partial charge in [-0.3, -0.25) is 14.7 Å². The van der Waals surface area contributed by atoms with Crippen LogP contribution in [0.25, 0.3) is 0 Å². The maximum atomic E-state index is 13.5. The first-order valence-electron chi connectivity index (χ1n) is 11.0. The highest BCUT2D eigenvalue weighted by atomic mass is 16.5. The SMILES string of the molecule is C=C/C=C(\C=C)Cc1cc2c(cn1)C(C)(C)CN2C(=O)CN1C[C@@H](C)NC[C@@H]1COC. The molecule has 3 heterocycles. The first-order valence-corrected chi connectivity index (χ1v) is 11.0. The summed E-state index contributed by atoms with van der Waals surface area (Å²) in [5, 5.41) is 3.48. The predicted octanol–water partition coefficient (Wildman–Crippen LogP) is 2.86. The minimum atomic E-state index is -0.128. The molecule has 1 saturated heterocycles. The van der Waals surface area contributed by atoms with Crippen LogP contribution in [0.5, 0.6) is 0 Å². The molecule has 2 atom stereocenters. The minimum Gasteiger partial charge on any atom is -0.383 e. The highest BCUT2D eigenvalue weighted by molar-refractivity contribution is 5.97. The number of nitrogens with one attached hydrogen (secondary N) is 1. The van der Waals surface area contributed by atoms with Crippen LogP contribution in [-0.4, -0.2) is 67.8 Å². The number of fused-ring (bicyclic) bond motifs is 1. The summed E-state index contributed by atoms with van der Waals surface area (Å²) in [6.07, 6.45) is 8.12. The Kier molecular flexibility index (Phi) is 7.46. The van der Waals surface area contributed by atoms with E-state index < -0.39 is 0 Å². The summed E-state index contributed by atoms with van der Waals surface area (Å²) in [5.74, 6) is 0.129. The zero-order valence-corrected chi connectivity index (χ0v) is 19.4. The number of piperazine rings is 1. The van der Waals surface area contributed by atoms with Crippen LogP contribution in [0, 0.1) is 0 Å². The topological polar surface area (TPSA) is 57.7 Å². The van der Waals surface area contributed by atoms with Crippen molar-refractivity contribution in [2.24, 2.45) is 0 Å². The summed E-state index contributed by atoms with van der Waals surface area (Å²) in [4.78, 5) is 22.3. The number of hydrogen-bond donors (Lipinski definition) is 1. The van der Waals surface area contributed by atoms with Gasteiger partial charge in [0.15, 0.2) is 0 Å². The van der Waals surface area contributed by atoms with E-state index >= 15 is 0 Å². The van der Waals surface area contributed by atoms with Gasteiger partial charge >= 0.3 is 0 Å². The number of methoxy groups -OCH3 is 1. The number of rotatable bonds is 8. The number of aromatic nitrogens is 1. The lowest BCUT2D eigenvalue weighted by Gasteiger charge is -2.39. The van der Waals surface area contributed by atoms with Gasteiger partial charge in [-0.15, -0.1) is 0 Å². The summed E-state index contributed by atoms with van der Waals surface area (Å²) in [6, 6.07) is 2.62. The van der Waals surface area contributed by atoms with Crippen LogP contribution < -0.4 is 10.2 Å². The van der Waals surface area contributed by atoms with E-state index in [4.69, 9.17) is 4.74 Å². The van der Waals surface area contributed by atoms with E-state index in [9.17, 15) is 4.79 Å². The zero-order valence-electron chi connectivity index (χ0n) is 19.4. The van der Waals surface area contributed by atoms with E-state index in [1.54, 1.807) is 13.2 Å². The predicted molar refractivity (Wildman–Crippen MR) is 126 cm³/mol. The number of carbonyl (C=O) groups is 1. The molecule has 0 bridgehead atoms. The van der Waals surface area contributed by atoms with Crippen molar-refractivity contribution in [2.75, 3.05) is 44.8 Å². The van der Waals surface area contributed by atoms with Crippen molar-refractivity contribution in [3.63, 3.8) is 0 Å². The second-order valence-corrected chi connectivity index (χ2v) is 9.26. The molecule has 0 aliphatic carbocycles. The molecule has 0 saturated carbocycles. The normalized spacial score (nSPS) is 23.5. The van der Waals surface area contributed by atoms with E-state index in [0.717, 1.165) is 35.6 Å². The molecule has 0 aromatic carbocycles. The van der Waals surface area contributed by atoms with Gasteiger partial charge in [0, 0.05) is 68.1 Å². The first-order chi connectivity index (χ1) is 14.8. The van der Waals surface area contributed by atoms with Crippen molar-refractivity contribution < 1.29 is 9.53 Å². The molecule has 0 unspecified atom stereocenters. The molecule has 2 aliphatic heterocycles. The third-order valence-corrected chi connectivity index (χ3v) is 6.22. The molecule has 0 radical (unpaired) electrons. The smallest absolute Gasteiger partial charge is 0.241 e. The first kappa shape index (κ1) is 23.4. The van der Waals surface area contributed by atoms with E-state index in [-0.39, 0.29) is 17.4 Å². The number of nitrogens with zero attached hydrogens (tertiary/aromatic N) is 3.